The molecule has 1 aromatic heterocycles. The van der Waals surface area contributed by atoms with E-state index in [-0.39, 0.29) is 11.3 Å². The second-order valence-corrected chi connectivity index (χ2v) is 7.41. The van der Waals surface area contributed by atoms with Crippen molar-refractivity contribution in [2.24, 2.45) is 12.5 Å². The van der Waals surface area contributed by atoms with E-state index in [2.05, 4.69) is 33.5 Å². The van der Waals surface area contributed by atoms with Gasteiger partial charge in [0.25, 0.3) is 0 Å². The molecule has 1 amide bonds. The number of hydrogen-bond acceptors (Lipinski definition) is 3. The third-order valence-corrected chi connectivity index (χ3v) is 5.44. The van der Waals surface area contributed by atoms with Crippen molar-refractivity contribution in [3.05, 3.63) is 48.0 Å². The van der Waals surface area contributed by atoms with Gasteiger partial charge in [-0.15, -0.1) is 0 Å². The number of likely N-dealkylation sites (tertiary alicyclic amines) is 1. The van der Waals surface area contributed by atoms with Gasteiger partial charge in [-0.25, -0.2) is 4.98 Å². The van der Waals surface area contributed by atoms with Crippen LogP contribution < -0.4 is 4.90 Å². The molecule has 2 aliphatic heterocycles. The molecule has 4 rings (SSSR count). The largest absolute Gasteiger partial charge is 0.337 e. The van der Waals surface area contributed by atoms with Gasteiger partial charge in [-0.3, -0.25) is 9.69 Å². The summed E-state index contributed by atoms with van der Waals surface area (Å²) in [4.78, 5) is 21.5. The fourth-order valence-electron chi connectivity index (χ4n) is 4.11. The molecule has 2 saturated heterocycles. The Kier molecular flexibility index (Phi) is 3.68. The monoisotopic (exact) mass is 324 g/mol. The molecule has 1 atom stereocenters. The van der Waals surface area contributed by atoms with E-state index in [0.717, 1.165) is 44.1 Å². The average Bonchev–Trinajstić information content (AvgIpc) is 3.21. The topological polar surface area (TPSA) is 41.4 Å². The second kappa shape index (κ2) is 5.74. The molecule has 1 unspecified atom stereocenters. The highest BCUT2D eigenvalue weighted by Gasteiger charge is 2.47. The Balaban J connectivity index is 1.47. The molecule has 5 nitrogen and oxygen atoms in total. The molecule has 2 aliphatic rings. The molecule has 0 bridgehead atoms. The first-order valence-electron chi connectivity index (χ1n) is 8.60. The third-order valence-electron chi connectivity index (χ3n) is 5.44. The first-order valence-corrected chi connectivity index (χ1v) is 8.60. The van der Waals surface area contributed by atoms with E-state index < -0.39 is 0 Å². The number of imidazole rings is 1. The lowest BCUT2D eigenvalue weighted by Gasteiger charge is -2.24. The molecule has 2 aromatic rings. The number of hydrogen-bond donors (Lipinski definition) is 0. The molecule has 1 aromatic carbocycles. The Morgan fingerprint density at radius 1 is 1.29 bits per heavy atom. The zero-order valence-electron chi connectivity index (χ0n) is 14.4. The molecule has 0 saturated carbocycles. The van der Waals surface area contributed by atoms with Crippen LogP contribution in [0.4, 0.5) is 5.69 Å². The standard InChI is InChI=1S/C19H24N4O/c1-15-4-3-5-16(10-15)23-14-19(11-18(23)24)6-8-22(13-19)12-17-20-7-9-21(17)2/h3-5,7,9-10H,6,8,11-14H2,1-2H3. The summed E-state index contributed by atoms with van der Waals surface area (Å²) >= 11 is 0. The SMILES string of the molecule is Cc1cccc(N2CC3(CCN(Cc4nccn4C)C3)CC2=O)c1. The van der Waals surface area contributed by atoms with Crippen LogP contribution in [0.3, 0.4) is 0 Å². The van der Waals surface area contributed by atoms with Crippen molar-refractivity contribution >= 4 is 11.6 Å². The van der Waals surface area contributed by atoms with Crippen LogP contribution in [0.2, 0.25) is 0 Å². The van der Waals surface area contributed by atoms with Crippen LogP contribution in [0.15, 0.2) is 36.7 Å². The Labute approximate surface area is 142 Å². The van der Waals surface area contributed by atoms with Crippen LogP contribution in [-0.2, 0) is 18.4 Å². The maximum Gasteiger partial charge on any atom is 0.227 e. The zero-order valence-corrected chi connectivity index (χ0v) is 14.4. The summed E-state index contributed by atoms with van der Waals surface area (Å²) in [6.45, 7) is 5.80. The zero-order chi connectivity index (χ0) is 16.7. The van der Waals surface area contributed by atoms with Crippen molar-refractivity contribution < 1.29 is 4.79 Å². The van der Waals surface area contributed by atoms with Crippen LogP contribution in [0, 0.1) is 12.3 Å². The number of nitrogens with zero attached hydrogens (tertiary/aromatic N) is 4. The molecule has 5 heteroatoms. The van der Waals surface area contributed by atoms with E-state index in [4.69, 9.17) is 0 Å². The number of carbonyl (C=O) groups excluding carboxylic acids is 1. The molecule has 2 fully saturated rings. The summed E-state index contributed by atoms with van der Waals surface area (Å²) in [5.74, 6) is 1.35. The highest BCUT2D eigenvalue weighted by molar-refractivity contribution is 5.96. The van der Waals surface area contributed by atoms with E-state index in [0.29, 0.717) is 6.42 Å². The van der Waals surface area contributed by atoms with Crippen molar-refractivity contribution in [2.45, 2.75) is 26.3 Å². The van der Waals surface area contributed by atoms with Gasteiger partial charge in [-0.2, -0.15) is 0 Å². The molecular formula is C19H24N4O. The number of rotatable bonds is 3. The van der Waals surface area contributed by atoms with Gasteiger partial charge in [-0.1, -0.05) is 12.1 Å². The highest BCUT2D eigenvalue weighted by Crippen LogP contribution is 2.42. The van der Waals surface area contributed by atoms with Crippen LogP contribution in [0.25, 0.3) is 0 Å². The maximum absolute atomic E-state index is 12.6. The Hall–Kier alpha value is -2.14. The summed E-state index contributed by atoms with van der Waals surface area (Å²) in [5, 5.41) is 0. The van der Waals surface area contributed by atoms with Gasteiger partial charge in [0.15, 0.2) is 0 Å². The fraction of sp³-hybridized carbons (Fsp3) is 0.474. The number of aryl methyl sites for hydroxylation is 2. The number of carbonyl (C=O) groups is 1. The van der Waals surface area contributed by atoms with E-state index in [1.165, 1.54) is 5.56 Å². The van der Waals surface area contributed by atoms with E-state index in [1.54, 1.807) is 0 Å². The van der Waals surface area contributed by atoms with Gasteiger partial charge in [0.1, 0.15) is 5.82 Å². The molecule has 126 valence electrons. The lowest BCUT2D eigenvalue weighted by Crippen LogP contribution is -2.31. The second-order valence-electron chi connectivity index (χ2n) is 7.41. The van der Waals surface area contributed by atoms with E-state index >= 15 is 0 Å². The molecule has 3 heterocycles. The van der Waals surface area contributed by atoms with Gasteiger partial charge in [-0.05, 0) is 37.6 Å². The maximum atomic E-state index is 12.6. The molecule has 0 aliphatic carbocycles. The van der Waals surface area contributed by atoms with Crippen molar-refractivity contribution in [1.82, 2.24) is 14.5 Å². The van der Waals surface area contributed by atoms with Gasteiger partial charge in [0.2, 0.25) is 5.91 Å². The molecular weight excluding hydrogens is 300 g/mol. The minimum Gasteiger partial charge on any atom is -0.337 e. The molecule has 0 radical (unpaired) electrons. The van der Waals surface area contributed by atoms with Crippen LogP contribution in [0.1, 0.15) is 24.2 Å². The minimum absolute atomic E-state index is 0.103. The van der Waals surface area contributed by atoms with Crippen LogP contribution in [0.5, 0.6) is 0 Å². The summed E-state index contributed by atoms with van der Waals surface area (Å²) < 4.78 is 2.07. The van der Waals surface area contributed by atoms with Gasteiger partial charge in [0.05, 0.1) is 6.54 Å². The lowest BCUT2D eigenvalue weighted by molar-refractivity contribution is -0.117. The van der Waals surface area contributed by atoms with Crippen molar-refractivity contribution in [1.29, 1.82) is 0 Å². The average molecular weight is 324 g/mol. The van der Waals surface area contributed by atoms with E-state index in [1.807, 2.05) is 36.5 Å². The predicted molar refractivity (Wildman–Crippen MR) is 93.7 cm³/mol. The summed E-state index contributed by atoms with van der Waals surface area (Å²) in [5.41, 5.74) is 2.34. The number of aromatic nitrogens is 2. The van der Waals surface area contributed by atoms with Crippen LogP contribution in [-0.4, -0.2) is 40.0 Å². The van der Waals surface area contributed by atoms with E-state index in [9.17, 15) is 4.79 Å². The molecule has 1 spiro atoms. The number of anilines is 1. The van der Waals surface area contributed by atoms with Gasteiger partial charge >= 0.3 is 0 Å². The lowest BCUT2D eigenvalue weighted by atomic mass is 9.86. The quantitative estimate of drug-likeness (QED) is 0.870. The predicted octanol–water partition coefficient (Wildman–Crippen LogP) is 2.36. The Morgan fingerprint density at radius 3 is 2.92 bits per heavy atom. The van der Waals surface area contributed by atoms with Gasteiger partial charge < -0.3 is 9.47 Å². The Bertz CT molecular complexity index is 768. The van der Waals surface area contributed by atoms with Crippen molar-refractivity contribution in [3.8, 4) is 0 Å². The summed E-state index contributed by atoms with van der Waals surface area (Å²) in [6.07, 6.45) is 5.59. The fourth-order valence-corrected chi connectivity index (χ4v) is 4.11. The van der Waals surface area contributed by atoms with Gasteiger partial charge in [0, 0.05) is 50.1 Å². The highest BCUT2D eigenvalue weighted by atomic mass is 16.2. The number of benzene rings is 1. The Morgan fingerprint density at radius 2 is 2.17 bits per heavy atom. The normalized spacial score (nSPS) is 24.4. The molecule has 0 N–H and O–H groups in total. The minimum atomic E-state index is 0.103. The first kappa shape index (κ1) is 15.4. The smallest absolute Gasteiger partial charge is 0.227 e. The first-order chi connectivity index (χ1) is 11.5. The third kappa shape index (κ3) is 2.73. The van der Waals surface area contributed by atoms with Crippen molar-refractivity contribution in [3.63, 3.8) is 0 Å². The summed E-state index contributed by atoms with van der Waals surface area (Å²) in [6, 6.07) is 8.26. The van der Waals surface area contributed by atoms with Crippen molar-refractivity contribution in [2.75, 3.05) is 24.5 Å². The number of amides is 1. The molecule has 24 heavy (non-hydrogen) atoms. The van der Waals surface area contributed by atoms with Crippen LogP contribution >= 0.6 is 0 Å². The summed E-state index contributed by atoms with van der Waals surface area (Å²) in [7, 11) is 2.03.